The lowest BCUT2D eigenvalue weighted by Gasteiger charge is -2.58. The maximum absolute atomic E-state index is 13.7. The lowest BCUT2D eigenvalue weighted by molar-refractivity contribution is -0.200. The summed E-state index contributed by atoms with van der Waals surface area (Å²) in [4.78, 5) is 2.53. The van der Waals surface area contributed by atoms with Crippen molar-refractivity contribution in [3.05, 3.63) is 48.2 Å². The predicted molar refractivity (Wildman–Crippen MR) is 164 cm³/mol. The van der Waals surface area contributed by atoms with Crippen molar-refractivity contribution in [3.63, 3.8) is 0 Å². The number of nitrogens with one attached hydrogen (secondary N) is 2. The second-order valence-electron chi connectivity index (χ2n) is 12.4. The van der Waals surface area contributed by atoms with Crippen molar-refractivity contribution in [2.75, 3.05) is 56.6 Å². The van der Waals surface area contributed by atoms with Crippen LogP contribution in [-0.2, 0) is 21.1 Å². The molecule has 2 N–H and O–H groups in total. The van der Waals surface area contributed by atoms with Crippen LogP contribution in [-0.4, -0.2) is 82.1 Å². The van der Waals surface area contributed by atoms with Crippen LogP contribution in [0.3, 0.4) is 0 Å². The first-order valence-corrected chi connectivity index (χ1v) is 16.9. The van der Waals surface area contributed by atoms with Crippen molar-refractivity contribution >= 4 is 32.1 Å². The van der Waals surface area contributed by atoms with E-state index in [-0.39, 0.29) is 28.9 Å². The van der Waals surface area contributed by atoms with Crippen LogP contribution in [0.5, 0.6) is 5.75 Å². The second kappa shape index (κ2) is 12.4. The van der Waals surface area contributed by atoms with Crippen LogP contribution in [0, 0.1) is 17.3 Å². The Morgan fingerprint density at radius 2 is 1.82 bits per heavy atom. The molecule has 0 radical (unpaired) electrons. The molecule has 3 aliphatic rings. The van der Waals surface area contributed by atoms with Crippen LogP contribution in [0.1, 0.15) is 31.4 Å². The fourth-order valence-electron chi connectivity index (χ4n) is 6.65. The molecule has 8 nitrogen and oxygen atoms in total. The molecule has 0 amide bonds. The minimum atomic E-state index is -4.45. The van der Waals surface area contributed by atoms with Crippen molar-refractivity contribution < 1.29 is 35.5 Å². The van der Waals surface area contributed by atoms with Gasteiger partial charge in [-0.2, -0.15) is 13.2 Å². The van der Waals surface area contributed by atoms with Crippen molar-refractivity contribution in [3.8, 4) is 17.6 Å². The van der Waals surface area contributed by atoms with Crippen LogP contribution in [0.2, 0.25) is 0 Å². The van der Waals surface area contributed by atoms with E-state index in [1.54, 1.807) is 18.2 Å². The van der Waals surface area contributed by atoms with Gasteiger partial charge in [0.15, 0.2) is 9.84 Å². The number of ether oxygens (including phenoxy) is 2. The van der Waals surface area contributed by atoms with Crippen molar-refractivity contribution in [1.29, 1.82) is 0 Å². The van der Waals surface area contributed by atoms with E-state index in [0.29, 0.717) is 28.0 Å². The molecular formula is C32H36F4N4O4S. The van der Waals surface area contributed by atoms with E-state index in [4.69, 9.17) is 9.47 Å². The van der Waals surface area contributed by atoms with E-state index in [9.17, 15) is 26.0 Å². The zero-order valence-electron chi connectivity index (χ0n) is 24.9. The van der Waals surface area contributed by atoms with Gasteiger partial charge in [0.1, 0.15) is 12.3 Å². The molecule has 0 bridgehead atoms. The van der Waals surface area contributed by atoms with E-state index in [1.807, 2.05) is 6.07 Å². The van der Waals surface area contributed by atoms with Crippen LogP contribution in [0.4, 0.5) is 28.9 Å². The molecule has 0 unspecified atom stereocenters. The van der Waals surface area contributed by atoms with Crippen LogP contribution in [0.25, 0.3) is 10.9 Å². The highest BCUT2D eigenvalue weighted by molar-refractivity contribution is 7.90. The van der Waals surface area contributed by atoms with Gasteiger partial charge in [-0.05, 0) is 61.9 Å². The zero-order chi connectivity index (χ0) is 31.8. The molecule has 0 atom stereocenters. The number of aromatic nitrogens is 1. The first kappa shape index (κ1) is 31.5. The third-order valence-electron chi connectivity index (χ3n) is 8.92. The normalized spacial score (nSPS) is 21.4. The van der Waals surface area contributed by atoms with E-state index >= 15 is 0 Å². The quantitative estimate of drug-likeness (QED) is 0.237. The summed E-state index contributed by atoms with van der Waals surface area (Å²) in [7, 11) is -3.54. The molecule has 1 spiro atoms. The van der Waals surface area contributed by atoms with E-state index in [0.717, 1.165) is 63.9 Å². The summed E-state index contributed by atoms with van der Waals surface area (Å²) < 4.78 is 89.1. The minimum Gasteiger partial charge on any atom is -0.461 e. The van der Waals surface area contributed by atoms with E-state index < -0.39 is 29.4 Å². The molecule has 1 aliphatic carbocycles. The monoisotopic (exact) mass is 648 g/mol. The van der Waals surface area contributed by atoms with Gasteiger partial charge in [-0.25, -0.2) is 12.8 Å². The number of benzene rings is 2. The summed E-state index contributed by atoms with van der Waals surface area (Å²) in [6.45, 7) is 1.61. The zero-order valence-corrected chi connectivity index (χ0v) is 25.7. The van der Waals surface area contributed by atoms with Crippen LogP contribution in [0.15, 0.2) is 47.4 Å². The van der Waals surface area contributed by atoms with Crippen LogP contribution >= 0.6 is 0 Å². The first-order valence-electron chi connectivity index (χ1n) is 15.0. The highest BCUT2D eigenvalue weighted by Gasteiger charge is 2.50. The summed E-state index contributed by atoms with van der Waals surface area (Å²) in [5, 5.41) is 7.21. The molecule has 2 aromatic carbocycles. The fourth-order valence-corrected chi connectivity index (χ4v) is 7.28. The average molecular weight is 649 g/mol. The number of sulfone groups is 1. The smallest absolute Gasteiger partial charge is 0.406 e. The van der Waals surface area contributed by atoms with Gasteiger partial charge >= 0.3 is 6.18 Å². The van der Waals surface area contributed by atoms with Crippen molar-refractivity contribution in [2.45, 2.75) is 55.4 Å². The van der Waals surface area contributed by atoms with Gasteiger partial charge in [-0.1, -0.05) is 12.0 Å². The average Bonchev–Trinajstić information content (AvgIpc) is 3.27. The molecule has 1 aromatic heterocycles. The Kier molecular flexibility index (Phi) is 8.67. The standard InChI is InChI=1S/C32H36F4N4O4S/c1-45(41,42)25-11-12-28(30(15-25)44-21-33)37-13-3-4-24-14-26-27(5-2-6-29(26)40(24)18-32(34,35)36)38-22-7-9-23(10-8-22)39-16-31(17-39)19-43-20-31/h2,5-6,11-12,14-15,22-23,37-38H,7-10,13,16-21H2,1H3/t22-,23-. The van der Waals surface area contributed by atoms with Crippen LogP contribution < -0.4 is 15.4 Å². The molecule has 2 aliphatic heterocycles. The number of nitrogens with zero attached hydrogens (tertiary/aromatic N) is 2. The van der Waals surface area contributed by atoms with Gasteiger partial charge < -0.3 is 24.7 Å². The van der Waals surface area contributed by atoms with E-state index in [2.05, 4.69) is 27.4 Å². The van der Waals surface area contributed by atoms with Crippen molar-refractivity contribution in [2.24, 2.45) is 5.41 Å². The summed E-state index contributed by atoms with van der Waals surface area (Å²) in [6.07, 6.45) is 0.712. The third-order valence-corrected chi connectivity index (χ3v) is 10.0. The molecular weight excluding hydrogens is 612 g/mol. The number of alkyl halides is 4. The topological polar surface area (TPSA) is 84.8 Å². The summed E-state index contributed by atoms with van der Waals surface area (Å²) >= 11 is 0. The molecule has 1 saturated carbocycles. The first-order chi connectivity index (χ1) is 21.4. The summed E-state index contributed by atoms with van der Waals surface area (Å²) in [6, 6.07) is 11.8. The van der Waals surface area contributed by atoms with Crippen molar-refractivity contribution in [1.82, 2.24) is 9.47 Å². The maximum atomic E-state index is 13.7. The Hall–Kier alpha value is -3.47. The maximum Gasteiger partial charge on any atom is 0.406 e. The molecule has 242 valence electrons. The summed E-state index contributed by atoms with van der Waals surface area (Å²) in [5.41, 5.74) is 2.13. The number of hydrogen-bond donors (Lipinski definition) is 2. The lowest BCUT2D eigenvalue weighted by atomic mass is 9.75. The molecule has 3 fully saturated rings. The van der Waals surface area contributed by atoms with Gasteiger partial charge in [0, 0.05) is 54.0 Å². The minimum absolute atomic E-state index is 0.00603. The Bertz CT molecular complexity index is 1710. The van der Waals surface area contributed by atoms with E-state index in [1.165, 1.54) is 22.8 Å². The molecule has 6 rings (SSSR count). The Balaban J connectivity index is 1.16. The number of fused-ring (bicyclic) bond motifs is 1. The Labute approximate surface area is 260 Å². The van der Waals surface area contributed by atoms with Gasteiger partial charge in [-0.3, -0.25) is 4.90 Å². The number of rotatable bonds is 9. The SMILES string of the molecule is CS(=O)(=O)c1ccc(NCC#Cc2cc3c(N[C@H]4CC[C@H](N5CC6(COC6)C5)CC4)cccc3n2CC(F)(F)F)c(OCF)c1. The van der Waals surface area contributed by atoms with Gasteiger partial charge in [0.05, 0.1) is 41.6 Å². The number of hydrogen-bond acceptors (Lipinski definition) is 7. The highest BCUT2D eigenvalue weighted by Crippen LogP contribution is 2.41. The highest BCUT2D eigenvalue weighted by atomic mass is 32.2. The van der Waals surface area contributed by atoms with Gasteiger partial charge in [0.2, 0.25) is 6.86 Å². The number of likely N-dealkylation sites (tertiary alicyclic amines) is 1. The molecule has 13 heteroatoms. The third kappa shape index (κ3) is 7.03. The largest absolute Gasteiger partial charge is 0.461 e. The molecule has 3 aromatic rings. The van der Waals surface area contributed by atoms with Gasteiger partial charge in [-0.15, -0.1) is 0 Å². The predicted octanol–water partition coefficient (Wildman–Crippen LogP) is 5.43. The number of halogens is 4. The summed E-state index contributed by atoms with van der Waals surface area (Å²) in [5.74, 6) is 5.69. The Morgan fingerprint density at radius 3 is 2.47 bits per heavy atom. The lowest BCUT2D eigenvalue weighted by Crippen LogP contribution is -2.68. The molecule has 45 heavy (non-hydrogen) atoms. The number of anilines is 2. The molecule has 3 heterocycles. The second-order valence-corrected chi connectivity index (χ2v) is 14.4. The van der Waals surface area contributed by atoms with Gasteiger partial charge in [0.25, 0.3) is 0 Å². The fraction of sp³-hybridized carbons (Fsp3) is 0.500. The molecule has 2 saturated heterocycles. The Morgan fingerprint density at radius 1 is 1.07 bits per heavy atom.